The molecule has 0 radical (unpaired) electrons. The topological polar surface area (TPSA) is 9.23 Å². The molecule has 4 atom stereocenters. The van der Waals surface area contributed by atoms with Gasteiger partial charge in [-0.3, -0.25) is 0 Å². The molecule has 1 saturated heterocycles. The van der Waals surface area contributed by atoms with Crippen molar-refractivity contribution in [3.05, 3.63) is 0 Å². The molecule has 1 aliphatic heterocycles. The van der Waals surface area contributed by atoms with Crippen molar-refractivity contribution in [1.29, 1.82) is 0 Å². The van der Waals surface area contributed by atoms with Crippen molar-refractivity contribution in [2.24, 2.45) is 17.8 Å². The van der Waals surface area contributed by atoms with Gasteiger partial charge in [-0.2, -0.15) is 0 Å². The second-order valence-electron chi connectivity index (χ2n) is 4.14. The molecule has 2 rings (SSSR count). The third kappa shape index (κ3) is 1.79. The second-order valence-corrected chi connectivity index (χ2v) is 5.57. The zero-order valence-electron chi connectivity index (χ0n) is 7.63. The van der Waals surface area contributed by atoms with Crippen molar-refractivity contribution in [3.63, 3.8) is 0 Å². The first-order chi connectivity index (χ1) is 5.83. The van der Waals surface area contributed by atoms with Crippen molar-refractivity contribution < 1.29 is 4.74 Å². The normalized spacial score (nSPS) is 43.0. The Bertz CT molecular complexity index is 154. The summed E-state index contributed by atoms with van der Waals surface area (Å²) >= 11 is 2.65. The van der Waals surface area contributed by atoms with Crippen LogP contribution in [0.15, 0.2) is 0 Å². The molecule has 0 aromatic carbocycles. The van der Waals surface area contributed by atoms with Gasteiger partial charge in [-0.15, -0.1) is 0 Å². The van der Waals surface area contributed by atoms with E-state index < -0.39 is 0 Å². The van der Waals surface area contributed by atoms with Crippen LogP contribution in [0.3, 0.4) is 0 Å². The molecule has 2 heteroatoms. The van der Waals surface area contributed by atoms with Crippen molar-refractivity contribution in [3.8, 4) is 0 Å². The highest BCUT2D eigenvalue weighted by atomic mass is 127. The van der Waals surface area contributed by atoms with Gasteiger partial charge in [-0.1, -0.05) is 35.9 Å². The molecule has 4 unspecified atom stereocenters. The second kappa shape index (κ2) is 3.82. The summed E-state index contributed by atoms with van der Waals surface area (Å²) < 4.78 is 6.32. The van der Waals surface area contributed by atoms with Crippen molar-refractivity contribution in [2.75, 3.05) is 13.2 Å². The minimum absolute atomic E-state index is 0.868. The van der Waals surface area contributed by atoms with E-state index in [9.17, 15) is 0 Å². The number of rotatable bonds is 3. The van der Waals surface area contributed by atoms with E-state index >= 15 is 0 Å². The summed E-state index contributed by atoms with van der Waals surface area (Å²) in [4.78, 5) is 0. The summed E-state index contributed by atoms with van der Waals surface area (Å²) in [6, 6.07) is 0. The molecule has 0 spiro atoms. The van der Waals surface area contributed by atoms with Crippen LogP contribution in [0.1, 0.15) is 26.2 Å². The Morgan fingerprint density at radius 2 is 2.42 bits per heavy atom. The van der Waals surface area contributed by atoms with Crippen molar-refractivity contribution >= 4 is 22.6 Å². The number of halogens is 1. The molecule has 0 aromatic heterocycles. The maximum Gasteiger partial charge on any atom is 0.0505 e. The van der Waals surface area contributed by atoms with Gasteiger partial charge in [-0.05, 0) is 30.6 Å². The summed E-state index contributed by atoms with van der Waals surface area (Å²) in [7, 11) is 0. The molecule has 1 aliphatic carbocycles. The molecule has 1 saturated carbocycles. The average Bonchev–Trinajstić information content (AvgIpc) is 2.68. The fourth-order valence-corrected chi connectivity index (χ4v) is 3.73. The van der Waals surface area contributed by atoms with Crippen LogP contribution in [0.25, 0.3) is 0 Å². The Hall–Kier alpha value is 0.690. The van der Waals surface area contributed by atoms with Gasteiger partial charge < -0.3 is 4.74 Å². The molecule has 1 nitrogen and oxygen atoms in total. The molecule has 2 aliphatic rings. The van der Waals surface area contributed by atoms with Gasteiger partial charge in [0.15, 0.2) is 0 Å². The van der Waals surface area contributed by atoms with Crippen LogP contribution in [0, 0.1) is 17.8 Å². The van der Waals surface area contributed by atoms with E-state index in [2.05, 4.69) is 29.5 Å². The van der Waals surface area contributed by atoms with Crippen LogP contribution in [0.2, 0.25) is 0 Å². The first kappa shape index (κ1) is 9.25. The maximum absolute atomic E-state index is 5.42. The molecule has 0 amide bonds. The Kier molecular flexibility index (Phi) is 2.95. The molecule has 1 heterocycles. The predicted molar refractivity (Wildman–Crippen MR) is 58.6 cm³/mol. The Balaban J connectivity index is 1.80. The van der Waals surface area contributed by atoms with Gasteiger partial charge in [0.05, 0.1) is 6.61 Å². The van der Waals surface area contributed by atoms with E-state index in [-0.39, 0.29) is 0 Å². The zero-order chi connectivity index (χ0) is 8.55. The SMILES string of the molecule is CCC1CC1C(I)C1CCOC1. The van der Waals surface area contributed by atoms with E-state index in [4.69, 9.17) is 4.74 Å². The summed E-state index contributed by atoms with van der Waals surface area (Å²) in [5.74, 6) is 2.95. The smallest absolute Gasteiger partial charge is 0.0505 e. The average molecular weight is 280 g/mol. The highest BCUT2D eigenvalue weighted by molar-refractivity contribution is 14.1. The van der Waals surface area contributed by atoms with Gasteiger partial charge >= 0.3 is 0 Å². The minimum atomic E-state index is 0.868. The molecule has 12 heavy (non-hydrogen) atoms. The van der Waals surface area contributed by atoms with Gasteiger partial charge in [-0.25, -0.2) is 0 Å². The van der Waals surface area contributed by atoms with E-state index in [0.717, 1.165) is 34.9 Å². The third-order valence-electron chi connectivity index (χ3n) is 3.33. The monoisotopic (exact) mass is 280 g/mol. The predicted octanol–water partition coefficient (Wildman–Crippen LogP) is 2.87. The maximum atomic E-state index is 5.42. The number of hydrogen-bond donors (Lipinski definition) is 0. The van der Waals surface area contributed by atoms with Crippen molar-refractivity contribution in [2.45, 2.75) is 30.1 Å². The molecule has 0 N–H and O–H groups in total. The van der Waals surface area contributed by atoms with Crippen LogP contribution in [-0.4, -0.2) is 17.1 Å². The fraction of sp³-hybridized carbons (Fsp3) is 1.00. The van der Waals surface area contributed by atoms with Crippen LogP contribution in [0.5, 0.6) is 0 Å². The molecule has 0 bridgehead atoms. The molecular weight excluding hydrogens is 263 g/mol. The zero-order valence-corrected chi connectivity index (χ0v) is 9.79. The molecule has 70 valence electrons. The lowest BCUT2D eigenvalue weighted by Gasteiger charge is -2.15. The third-order valence-corrected chi connectivity index (χ3v) is 5.27. The fourth-order valence-electron chi connectivity index (χ4n) is 2.28. The quantitative estimate of drug-likeness (QED) is 0.570. The Morgan fingerprint density at radius 3 is 2.92 bits per heavy atom. The summed E-state index contributed by atoms with van der Waals surface area (Å²) in [5.41, 5.74) is 0. The Morgan fingerprint density at radius 1 is 1.58 bits per heavy atom. The number of ether oxygens (including phenoxy) is 1. The van der Waals surface area contributed by atoms with Crippen molar-refractivity contribution in [1.82, 2.24) is 0 Å². The standard InChI is InChI=1S/C10H17IO/c1-2-7-5-9(7)10(11)8-3-4-12-6-8/h7-10H,2-6H2,1H3. The molecule has 0 aromatic rings. The highest BCUT2D eigenvalue weighted by Crippen LogP contribution is 2.49. The number of alkyl halides is 1. The largest absolute Gasteiger partial charge is 0.381 e. The van der Waals surface area contributed by atoms with E-state index in [1.807, 2.05) is 0 Å². The van der Waals surface area contributed by atoms with Gasteiger partial charge in [0.1, 0.15) is 0 Å². The van der Waals surface area contributed by atoms with Gasteiger partial charge in [0.2, 0.25) is 0 Å². The number of hydrogen-bond acceptors (Lipinski definition) is 1. The van der Waals surface area contributed by atoms with E-state index in [0.29, 0.717) is 0 Å². The first-order valence-electron chi connectivity index (χ1n) is 5.04. The summed E-state index contributed by atoms with van der Waals surface area (Å²) in [6.07, 6.45) is 4.18. The Labute approximate surface area is 88.4 Å². The lowest BCUT2D eigenvalue weighted by Crippen LogP contribution is -2.17. The molecule has 2 fully saturated rings. The lowest BCUT2D eigenvalue weighted by atomic mass is 10.0. The van der Waals surface area contributed by atoms with Gasteiger partial charge in [0.25, 0.3) is 0 Å². The molecular formula is C10H17IO. The van der Waals surface area contributed by atoms with Gasteiger partial charge in [0, 0.05) is 10.5 Å². The van der Waals surface area contributed by atoms with Crippen LogP contribution in [-0.2, 0) is 4.74 Å². The van der Waals surface area contributed by atoms with Crippen LogP contribution in [0.4, 0.5) is 0 Å². The van der Waals surface area contributed by atoms with E-state index in [1.54, 1.807) is 0 Å². The summed E-state index contributed by atoms with van der Waals surface area (Å²) in [6.45, 7) is 4.35. The van der Waals surface area contributed by atoms with E-state index in [1.165, 1.54) is 19.3 Å². The summed E-state index contributed by atoms with van der Waals surface area (Å²) in [5, 5.41) is 0. The first-order valence-corrected chi connectivity index (χ1v) is 6.29. The van der Waals surface area contributed by atoms with Crippen LogP contribution >= 0.6 is 22.6 Å². The minimum Gasteiger partial charge on any atom is -0.381 e. The van der Waals surface area contributed by atoms with Crippen LogP contribution < -0.4 is 0 Å². The highest BCUT2D eigenvalue weighted by Gasteiger charge is 2.43. The lowest BCUT2D eigenvalue weighted by molar-refractivity contribution is 0.184.